The predicted octanol–water partition coefficient (Wildman–Crippen LogP) is 0.902. The van der Waals surface area contributed by atoms with Crippen molar-refractivity contribution in [3.8, 4) is 0 Å². The lowest BCUT2D eigenvalue weighted by molar-refractivity contribution is -0.160. The highest BCUT2D eigenvalue weighted by Gasteiger charge is 2.32. The van der Waals surface area contributed by atoms with Gasteiger partial charge in [0.1, 0.15) is 0 Å². The number of hydrogen-bond acceptors (Lipinski definition) is 4. The van der Waals surface area contributed by atoms with Crippen molar-refractivity contribution in [3.63, 3.8) is 0 Å². The first-order valence-corrected chi connectivity index (χ1v) is 6.22. The fraction of sp³-hybridized carbons (Fsp3) is 0.800. The molecule has 1 amide bonds. The van der Waals surface area contributed by atoms with E-state index in [-0.39, 0.29) is 12.6 Å². The highest BCUT2D eigenvalue weighted by Crippen LogP contribution is 2.24. The van der Waals surface area contributed by atoms with Crippen LogP contribution in [0.3, 0.4) is 0 Å². The smallest absolute Gasteiger partial charge is 0.397 e. The molecule has 1 saturated heterocycles. The van der Waals surface area contributed by atoms with Gasteiger partial charge in [-0.1, -0.05) is 6.92 Å². The average molecular weight is 231 g/mol. The molecule has 86 valence electrons. The summed E-state index contributed by atoms with van der Waals surface area (Å²) in [5.41, 5.74) is 0. The first kappa shape index (κ1) is 12.4. The number of rotatable bonds is 1. The Morgan fingerprint density at radius 1 is 1.47 bits per heavy atom. The number of carbonyl (C=O) groups excluding carboxylic acids is 2. The van der Waals surface area contributed by atoms with Crippen LogP contribution in [0.1, 0.15) is 20.8 Å². The zero-order chi connectivity index (χ0) is 11.4. The molecule has 15 heavy (non-hydrogen) atoms. The Kier molecular flexibility index (Phi) is 4.45. The molecule has 2 atom stereocenters. The van der Waals surface area contributed by atoms with Crippen molar-refractivity contribution in [3.05, 3.63) is 0 Å². The lowest BCUT2D eigenvalue weighted by Gasteiger charge is -2.36. The van der Waals surface area contributed by atoms with E-state index in [1.165, 1.54) is 0 Å². The second kappa shape index (κ2) is 5.39. The van der Waals surface area contributed by atoms with Gasteiger partial charge in [0.25, 0.3) is 0 Å². The van der Waals surface area contributed by atoms with Gasteiger partial charge in [0.05, 0.1) is 6.61 Å². The summed E-state index contributed by atoms with van der Waals surface area (Å²) in [6.07, 6.45) is 0. The highest BCUT2D eigenvalue weighted by atomic mass is 32.2. The molecule has 1 heterocycles. The molecule has 5 heteroatoms. The van der Waals surface area contributed by atoms with E-state index in [4.69, 9.17) is 4.74 Å². The molecule has 4 nitrogen and oxygen atoms in total. The van der Waals surface area contributed by atoms with Crippen LogP contribution in [0.15, 0.2) is 0 Å². The van der Waals surface area contributed by atoms with Gasteiger partial charge in [0.2, 0.25) is 0 Å². The first-order valence-electron chi connectivity index (χ1n) is 5.17. The monoisotopic (exact) mass is 231 g/mol. The third-order valence-corrected chi connectivity index (χ3v) is 3.93. The Morgan fingerprint density at radius 2 is 2.13 bits per heavy atom. The van der Waals surface area contributed by atoms with Crippen molar-refractivity contribution in [2.24, 2.45) is 0 Å². The van der Waals surface area contributed by atoms with Gasteiger partial charge in [-0.3, -0.25) is 4.79 Å². The summed E-state index contributed by atoms with van der Waals surface area (Å²) in [7, 11) is 0. The normalized spacial score (nSPS) is 26.2. The number of thioether (sulfide) groups is 1. The number of amides is 1. The van der Waals surface area contributed by atoms with E-state index in [9.17, 15) is 9.59 Å². The van der Waals surface area contributed by atoms with E-state index >= 15 is 0 Å². The summed E-state index contributed by atoms with van der Waals surface area (Å²) in [6.45, 7) is 6.61. The maximum absolute atomic E-state index is 11.7. The molecule has 0 aromatic rings. The van der Waals surface area contributed by atoms with Gasteiger partial charge in [-0.15, -0.1) is 0 Å². The van der Waals surface area contributed by atoms with E-state index in [1.807, 2.05) is 18.7 Å². The molecule has 1 rings (SSSR count). The molecule has 0 radical (unpaired) electrons. The quantitative estimate of drug-likeness (QED) is 0.497. The fourth-order valence-corrected chi connectivity index (χ4v) is 2.63. The van der Waals surface area contributed by atoms with Crippen molar-refractivity contribution in [2.75, 3.05) is 18.9 Å². The zero-order valence-electron chi connectivity index (χ0n) is 9.36. The highest BCUT2D eigenvalue weighted by molar-refractivity contribution is 8.00. The van der Waals surface area contributed by atoms with E-state index < -0.39 is 11.9 Å². The van der Waals surface area contributed by atoms with Gasteiger partial charge in [-0.2, -0.15) is 11.8 Å². The number of hydrogen-bond donors (Lipinski definition) is 0. The Balaban J connectivity index is 2.61. The topological polar surface area (TPSA) is 46.6 Å². The standard InChI is InChI=1S/C10H17NO3S/c1-4-14-10(13)9(12)11-5-6-15-8(3)7(11)2/h7-8H,4-6H2,1-3H3. The largest absolute Gasteiger partial charge is 0.459 e. The summed E-state index contributed by atoms with van der Waals surface area (Å²) in [5, 5.41) is 0.372. The molecule has 1 fully saturated rings. The predicted molar refractivity (Wildman–Crippen MR) is 59.7 cm³/mol. The maximum Gasteiger partial charge on any atom is 0.397 e. The van der Waals surface area contributed by atoms with Crippen LogP contribution >= 0.6 is 11.8 Å². The van der Waals surface area contributed by atoms with Gasteiger partial charge in [0, 0.05) is 23.6 Å². The molecule has 1 aliphatic rings. The average Bonchev–Trinajstić information content (AvgIpc) is 2.21. The van der Waals surface area contributed by atoms with Crippen LogP contribution < -0.4 is 0 Å². The van der Waals surface area contributed by atoms with Crippen LogP contribution in [0.2, 0.25) is 0 Å². The van der Waals surface area contributed by atoms with Crippen molar-refractivity contribution < 1.29 is 14.3 Å². The minimum atomic E-state index is -0.733. The van der Waals surface area contributed by atoms with Gasteiger partial charge in [-0.05, 0) is 13.8 Å². The van der Waals surface area contributed by atoms with Crippen LogP contribution in [0.5, 0.6) is 0 Å². The number of carbonyl (C=O) groups is 2. The summed E-state index contributed by atoms with van der Waals surface area (Å²) in [6, 6.07) is 0.0978. The Morgan fingerprint density at radius 3 is 2.73 bits per heavy atom. The van der Waals surface area contributed by atoms with Gasteiger partial charge < -0.3 is 9.64 Å². The first-order chi connectivity index (χ1) is 7.07. The SMILES string of the molecule is CCOC(=O)C(=O)N1CCSC(C)C1C. The van der Waals surface area contributed by atoms with Crippen molar-refractivity contribution in [1.82, 2.24) is 4.90 Å². The molecular formula is C10H17NO3S. The molecule has 0 saturated carbocycles. The van der Waals surface area contributed by atoms with E-state index in [1.54, 1.807) is 11.8 Å². The molecular weight excluding hydrogens is 214 g/mol. The van der Waals surface area contributed by atoms with Crippen LogP contribution in [-0.2, 0) is 14.3 Å². The van der Waals surface area contributed by atoms with Crippen molar-refractivity contribution in [1.29, 1.82) is 0 Å². The number of nitrogens with zero attached hydrogens (tertiary/aromatic N) is 1. The third kappa shape index (κ3) is 2.87. The Bertz CT molecular complexity index is 257. The summed E-state index contributed by atoms with van der Waals surface area (Å²) in [5.74, 6) is -0.351. The maximum atomic E-state index is 11.7. The Hall–Kier alpha value is -0.710. The fourth-order valence-electron chi connectivity index (χ4n) is 1.53. The van der Waals surface area contributed by atoms with Crippen molar-refractivity contribution in [2.45, 2.75) is 32.1 Å². The molecule has 0 N–H and O–H groups in total. The molecule has 1 aliphatic heterocycles. The Labute approximate surface area is 94.3 Å². The van der Waals surface area contributed by atoms with E-state index in [0.717, 1.165) is 5.75 Å². The third-order valence-electron chi connectivity index (χ3n) is 2.59. The molecule has 2 unspecified atom stereocenters. The lowest BCUT2D eigenvalue weighted by Crippen LogP contribution is -2.50. The number of esters is 1. The summed E-state index contributed by atoms with van der Waals surface area (Å²) < 4.78 is 4.70. The number of ether oxygens (including phenoxy) is 1. The minimum absolute atomic E-state index is 0.0978. The molecule has 0 bridgehead atoms. The second-order valence-corrected chi connectivity index (χ2v) is 5.02. The zero-order valence-corrected chi connectivity index (χ0v) is 10.2. The summed E-state index contributed by atoms with van der Waals surface area (Å²) in [4.78, 5) is 24.6. The van der Waals surface area contributed by atoms with Crippen molar-refractivity contribution >= 4 is 23.6 Å². The van der Waals surface area contributed by atoms with Gasteiger partial charge in [0.15, 0.2) is 0 Å². The van der Waals surface area contributed by atoms with Gasteiger partial charge >= 0.3 is 11.9 Å². The molecule has 0 aromatic carbocycles. The van der Waals surface area contributed by atoms with Crippen LogP contribution in [0, 0.1) is 0 Å². The summed E-state index contributed by atoms with van der Waals surface area (Å²) >= 11 is 1.83. The molecule has 0 spiro atoms. The van der Waals surface area contributed by atoms with Crippen LogP contribution in [0.25, 0.3) is 0 Å². The van der Waals surface area contributed by atoms with E-state index in [2.05, 4.69) is 6.92 Å². The van der Waals surface area contributed by atoms with Gasteiger partial charge in [-0.25, -0.2) is 4.79 Å². The minimum Gasteiger partial charge on any atom is -0.459 e. The second-order valence-electron chi connectivity index (χ2n) is 3.54. The van der Waals surface area contributed by atoms with E-state index in [0.29, 0.717) is 11.8 Å². The lowest BCUT2D eigenvalue weighted by atomic mass is 10.2. The molecule has 0 aliphatic carbocycles. The molecule has 0 aromatic heterocycles. The van der Waals surface area contributed by atoms with Crippen LogP contribution in [-0.4, -0.2) is 47.0 Å². The van der Waals surface area contributed by atoms with Crippen LogP contribution in [0.4, 0.5) is 0 Å².